The monoisotopic (exact) mass is 331 g/mol. The number of piperidine rings is 1. The van der Waals surface area contributed by atoms with Crippen LogP contribution in [0.2, 0.25) is 0 Å². The van der Waals surface area contributed by atoms with Crippen LogP contribution in [-0.4, -0.2) is 58.6 Å². The van der Waals surface area contributed by atoms with E-state index in [1.54, 1.807) is 6.33 Å². The molecule has 0 aromatic carbocycles. The molecule has 4 heterocycles. The van der Waals surface area contributed by atoms with E-state index in [1.165, 1.54) is 0 Å². The van der Waals surface area contributed by atoms with E-state index in [1.807, 2.05) is 4.52 Å². The summed E-state index contributed by atoms with van der Waals surface area (Å²) in [7, 11) is 0. The summed E-state index contributed by atoms with van der Waals surface area (Å²) < 4.78 is 13.4. The summed E-state index contributed by atoms with van der Waals surface area (Å²) >= 11 is 0. The molecule has 0 radical (unpaired) electrons. The molecule has 0 saturated carbocycles. The van der Waals surface area contributed by atoms with Crippen LogP contribution < -0.4 is 4.90 Å². The van der Waals surface area contributed by atoms with Crippen molar-refractivity contribution in [1.82, 2.24) is 19.6 Å². The molecule has 0 amide bonds. The molecule has 1 unspecified atom stereocenters. The van der Waals surface area contributed by atoms with Crippen molar-refractivity contribution in [2.75, 3.05) is 37.8 Å². The molecule has 24 heavy (non-hydrogen) atoms. The Morgan fingerprint density at radius 1 is 1.29 bits per heavy atom. The summed E-state index contributed by atoms with van der Waals surface area (Å²) in [4.78, 5) is 11.1. The van der Waals surface area contributed by atoms with E-state index in [4.69, 9.17) is 9.47 Å². The molecule has 0 bridgehead atoms. The molecule has 2 aromatic heterocycles. The Labute approximate surface area is 142 Å². The third-order valence-corrected chi connectivity index (χ3v) is 5.01. The second-order valence-electron chi connectivity index (χ2n) is 6.68. The molecular weight excluding hydrogens is 306 g/mol. The van der Waals surface area contributed by atoms with Gasteiger partial charge in [-0.1, -0.05) is 6.92 Å². The topological polar surface area (TPSA) is 64.8 Å². The molecule has 0 spiro atoms. The molecule has 2 aliphatic heterocycles. The minimum Gasteiger partial charge on any atom is -0.381 e. The van der Waals surface area contributed by atoms with E-state index < -0.39 is 0 Å². The van der Waals surface area contributed by atoms with E-state index in [-0.39, 0.29) is 0 Å². The van der Waals surface area contributed by atoms with Crippen molar-refractivity contribution in [1.29, 1.82) is 0 Å². The Bertz CT molecular complexity index is 675. The van der Waals surface area contributed by atoms with Gasteiger partial charge in [-0.15, -0.1) is 0 Å². The van der Waals surface area contributed by atoms with Gasteiger partial charge in [-0.2, -0.15) is 14.6 Å². The maximum atomic E-state index is 6.11. The first-order valence-corrected chi connectivity index (χ1v) is 8.97. The molecule has 2 fully saturated rings. The number of hydrogen-bond donors (Lipinski definition) is 0. The van der Waals surface area contributed by atoms with Gasteiger partial charge >= 0.3 is 0 Å². The molecule has 7 heteroatoms. The van der Waals surface area contributed by atoms with Gasteiger partial charge in [0.1, 0.15) is 12.1 Å². The average Bonchev–Trinajstić information content (AvgIpc) is 3.31. The highest BCUT2D eigenvalue weighted by atomic mass is 16.5. The lowest BCUT2D eigenvalue weighted by Crippen LogP contribution is -2.38. The molecule has 2 aromatic rings. The molecule has 2 saturated heterocycles. The van der Waals surface area contributed by atoms with Crippen LogP contribution in [0.1, 0.15) is 31.9 Å². The second-order valence-corrected chi connectivity index (χ2v) is 6.68. The summed E-state index contributed by atoms with van der Waals surface area (Å²) in [6.45, 7) is 6.67. The van der Waals surface area contributed by atoms with Crippen LogP contribution in [0.25, 0.3) is 5.78 Å². The van der Waals surface area contributed by atoms with Crippen LogP contribution in [0.4, 0.5) is 5.82 Å². The summed E-state index contributed by atoms with van der Waals surface area (Å²) in [6, 6.07) is 2.14. The molecular formula is C17H25N5O2. The summed E-state index contributed by atoms with van der Waals surface area (Å²) in [5.41, 5.74) is 1.06. The van der Waals surface area contributed by atoms with Crippen LogP contribution in [-0.2, 0) is 15.9 Å². The van der Waals surface area contributed by atoms with Gasteiger partial charge in [0.25, 0.3) is 5.78 Å². The van der Waals surface area contributed by atoms with Crippen LogP contribution in [0, 0.1) is 5.92 Å². The van der Waals surface area contributed by atoms with Gasteiger partial charge in [-0.05, 0) is 25.7 Å². The number of ether oxygens (including phenoxy) is 2. The number of rotatable bonds is 5. The van der Waals surface area contributed by atoms with Crippen molar-refractivity contribution in [3.8, 4) is 0 Å². The minimum absolute atomic E-state index is 0.362. The first-order valence-electron chi connectivity index (χ1n) is 8.97. The van der Waals surface area contributed by atoms with Gasteiger partial charge in [0.05, 0.1) is 19.3 Å². The van der Waals surface area contributed by atoms with E-state index in [0.29, 0.717) is 17.8 Å². The fourth-order valence-corrected chi connectivity index (χ4v) is 3.49. The maximum Gasteiger partial charge on any atom is 0.254 e. The van der Waals surface area contributed by atoms with Crippen molar-refractivity contribution >= 4 is 11.6 Å². The fraction of sp³-hybridized carbons (Fsp3) is 0.706. The number of aromatic nitrogens is 4. The van der Waals surface area contributed by atoms with E-state index >= 15 is 0 Å². The molecule has 4 rings (SSSR count). The number of anilines is 1. The highest BCUT2D eigenvalue weighted by Crippen LogP contribution is 2.23. The molecule has 0 aliphatic carbocycles. The van der Waals surface area contributed by atoms with Gasteiger partial charge < -0.3 is 14.4 Å². The van der Waals surface area contributed by atoms with Crippen molar-refractivity contribution in [3.05, 3.63) is 18.1 Å². The highest BCUT2D eigenvalue weighted by molar-refractivity contribution is 5.47. The van der Waals surface area contributed by atoms with Crippen molar-refractivity contribution in [2.24, 2.45) is 5.92 Å². The number of fused-ring (bicyclic) bond motifs is 1. The molecule has 1 atom stereocenters. The number of aryl methyl sites for hydroxylation is 1. The highest BCUT2D eigenvalue weighted by Gasteiger charge is 2.24. The first kappa shape index (κ1) is 15.8. The quantitative estimate of drug-likeness (QED) is 0.831. The smallest absolute Gasteiger partial charge is 0.254 e. The fourth-order valence-electron chi connectivity index (χ4n) is 3.49. The van der Waals surface area contributed by atoms with Crippen LogP contribution in [0.3, 0.4) is 0 Å². The number of hydrogen-bond acceptors (Lipinski definition) is 6. The Morgan fingerprint density at radius 3 is 2.92 bits per heavy atom. The molecule has 130 valence electrons. The molecule has 7 nitrogen and oxygen atoms in total. The average molecular weight is 331 g/mol. The van der Waals surface area contributed by atoms with Crippen LogP contribution in [0.15, 0.2) is 12.4 Å². The van der Waals surface area contributed by atoms with Gasteiger partial charge in [0, 0.05) is 37.4 Å². The Balaban J connectivity index is 1.39. The zero-order chi connectivity index (χ0) is 16.4. The Hall–Kier alpha value is -1.73. The molecule has 2 aliphatic rings. The third-order valence-electron chi connectivity index (χ3n) is 5.01. The second kappa shape index (κ2) is 7.03. The van der Waals surface area contributed by atoms with Gasteiger partial charge in [0.2, 0.25) is 0 Å². The lowest BCUT2D eigenvalue weighted by atomic mass is 10.1. The van der Waals surface area contributed by atoms with Gasteiger partial charge in [-0.3, -0.25) is 0 Å². The minimum atomic E-state index is 0.362. The lowest BCUT2D eigenvalue weighted by molar-refractivity contribution is 0.0130. The van der Waals surface area contributed by atoms with Gasteiger partial charge in [-0.25, -0.2) is 4.98 Å². The van der Waals surface area contributed by atoms with Gasteiger partial charge in [0.15, 0.2) is 0 Å². The Kier molecular flexibility index (Phi) is 4.62. The largest absolute Gasteiger partial charge is 0.381 e. The van der Waals surface area contributed by atoms with E-state index in [9.17, 15) is 0 Å². The third kappa shape index (κ3) is 3.23. The zero-order valence-corrected chi connectivity index (χ0v) is 14.2. The van der Waals surface area contributed by atoms with Crippen molar-refractivity contribution < 1.29 is 9.47 Å². The van der Waals surface area contributed by atoms with Crippen LogP contribution in [0.5, 0.6) is 0 Å². The molecule has 0 N–H and O–H groups in total. The first-order chi connectivity index (χ1) is 11.8. The van der Waals surface area contributed by atoms with Crippen molar-refractivity contribution in [2.45, 2.75) is 38.7 Å². The maximum absolute atomic E-state index is 6.11. The van der Waals surface area contributed by atoms with E-state index in [2.05, 4.69) is 33.0 Å². The van der Waals surface area contributed by atoms with Crippen molar-refractivity contribution in [3.63, 3.8) is 0 Å². The predicted octanol–water partition coefficient (Wildman–Crippen LogP) is 1.71. The SMILES string of the molecule is CCc1cc(N2CCC(OCC3CCOC3)CC2)n2ncnc2n1. The van der Waals surface area contributed by atoms with Crippen LogP contribution >= 0.6 is 0 Å². The number of nitrogens with zero attached hydrogens (tertiary/aromatic N) is 5. The summed E-state index contributed by atoms with van der Waals surface area (Å²) in [6.07, 6.45) is 6.08. The van der Waals surface area contributed by atoms with E-state index in [0.717, 1.165) is 70.1 Å². The Morgan fingerprint density at radius 2 is 2.17 bits per heavy atom. The summed E-state index contributed by atoms with van der Waals surface area (Å²) in [5, 5.41) is 4.33. The lowest BCUT2D eigenvalue weighted by Gasteiger charge is -2.33. The summed E-state index contributed by atoms with van der Waals surface area (Å²) in [5.74, 6) is 2.37. The zero-order valence-electron chi connectivity index (χ0n) is 14.2. The predicted molar refractivity (Wildman–Crippen MR) is 90.3 cm³/mol. The standard InChI is InChI=1S/C17H25N5O2/c1-2-14-9-16(22-17(20-14)18-12-19-22)21-6-3-15(4-7-21)24-11-13-5-8-23-10-13/h9,12-13,15H,2-8,10-11H2,1H3. The normalized spacial score (nSPS) is 22.5.